The van der Waals surface area contributed by atoms with Crippen molar-refractivity contribution in [3.05, 3.63) is 0 Å². The molecule has 0 bridgehead atoms. The second-order valence-corrected chi connectivity index (χ2v) is 8.82. The standard InChI is InChI=1S/C22H44O6/c23-20(24)18-16-14-12-10-8-6-4-2-1-3-5-7-9-11-13-15-17-19-21(25,26)22(20,27)28/h23-28H,1-19H2. The van der Waals surface area contributed by atoms with Crippen molar-refractivity contribution in [2.24, 2.45) is 0 Å². The molecule has 0 saturated heterocycles. The molecule has 1 fully saturated rings. The molecule has 0 unspecified atom stereocenters. The number of hydrogen-bond donors (Lipinski definition) is 6. The monoisotopic (exact) mass is 404 g/mol. The van der Waals surface area contributed by atoms with Gasteiger partial charge in [0, 0.05) is 12.8 Å². The van der Waals surface area contributed by atoms with E-state index in [9.17, 15) is 30.6 Å². The molecular formula is C22H44O6. The normalized spacial score (nSPS) is 27.2. The molecular weight excluding hydrogens is 360 g/mol. The van der Waals surface area contributed by atoms with Crippen LogP contribution < -0.4 is 0 Å². The van der Waals surface area contributed by atoms with Crippen molar-refractivity contribution in [3.63, 3.8) is 0 Å². The minimum atomic E-state index is -3.39. The molecule has 28 heavy (non-hydrogen) atoms. The molecule has 0 aromatic rings. The molecule has 168 valence electrons. The maximum atomic E-state index is 10.1. The topological polar surface area (TPSA) is 121 Å². The maximum absolute atomic E-state index is 10.1. The summed E-state index contributed by atoms with van der Waals surface area (Å²) in [6, 6.07) is 0. The van der Waals surface area contributed by atoms with Gasteiger partial charge in [0.1, 0.15) is 0 Å². The number of hydrogen-bond acceptors (Lipinski definition) is 6. The molecule has 6 N–H and O–H groups in total. The van der Waals surface area contributed by atoms with Gasteiger partial charge in [-0.15, -0.1) is 0 Å². The van der Waals surface area contributed by atoms with Gasteiger partial charge in [-0.1, -0.05) is 96.3 Å². The van der Waals surface area contributed by atoms with Crippen molar-refractivity contribution in [2.75, 3.05) is 0 Å². The predicted molar refractivity (Wildman–Crippen MR) is 109 cm³/mol. The minimum Gasteiger partial charge on any atom is -0.361 e. The van der Waals surface area contributed by atoms with Crippen LogP contribution in [0.2, 0.25) is 0 Å². The predicted octanol–water partition coefficient (Wildman–Crippen LogP) is 3.45. The lowest BCUT2D eigenvalue weighted by molar-refractivity contribution is -0.454. The average molecular weight is 405 g/mol. The van der Waals surface area contributed by atoms with E-state index >= 15 is 0 Å². The zero-order valence-corrected chi connectivity index (χ0v) is 17.6. The summed E-state index contributed by atoms with van der Waals surface area (Å²) in [4.78, 5) is 0. The van der Waals surface area contributed by atoms with E-state index in [2.05, 4.69) is 0 Å². The lowest BCUT2D eigenvalue weighted by Gasteiger charge is -2.43. The first kappa shape index (κ1) is 25.8. The smallest absolute Gasteiger partial charge is 0.274 e. The zero-order valence-electron chi connectivity index (χ0n) is 17.6. The molecule has 0 aromatic heterocycles. The molecule has 0 amide bonds. The van der Waals surface area contributed by atoms with E-state index in [1.54, 1.807) is 0 Å². The highest BCUT2D eigenvalue weighted by Crippen LogP contribution is 2.35. The summed E-state index contributed by atoms with van der Waals surface area (Å²) in [6.07, 6.45) is 17.0. The maximum Gasteiger partial charge on any atom is 0.274 e. The molecule has 6 heteroatoms. The van der Waals surface area contributed by atoms with Crippen LogP contribution in [0.1, 0.15) is 122 Å². The van der Waals surface area contributed by atoms with E-state index in [-0.39, 0.29) is 12.8 Å². The van der Waals surface area contributed by atoms with Gasteiger partial charge in [-0.25, -0.2) is 0 Å². The summed E-state index contributed by atoms with van der Waals surface area (Å²) in [6.45, 7) is 0. The highest BCUT2D eigenvalue weighted by molar-refractivity contribution is 4.93. The lowest BCUT2D eigenvalue weighted by Crippen LogP contribution is -2.68. The van der Waals surface area contributed by atoms with Gasteiger partial charge >= 0.3 is 0 Å². The third-order valence-corrected chi connectivity index (χ3v) is 6.17. The first-order valence-corrected chi connectivity index (χ1v) is 11.5. The van der Waals surface area contributed by atoms with Crippen LogP contribution in [0.3, 0.4) is 0 Å². The van der Waals surface area contributed by atoms with Gasteiger partial charge in [-0.3, -0.25) is 0 Å². The molecule has 0 aliphatic heterocycles. The summed E-state index contributed by atoms with van der Waals surface area (Å²) < 4.78 is 0. The summed E-state index contributed by atoms with van der Waals surface area (Å²) in [7, 11) is 0. The van der Waals surface area contributed by atoms with Gasteiger partial charge in [0.25, 0.3) is 5.79 Å². The summed E-state index contributed by atoms with van der Waals surface area (Å²) in [5.41, 5.74) is 0. The van der Waals surface area contributed by atoms with Crippen LogP contribution >= 0.6 is 0 Å². The van der Waals surface area contributed by atoms with E-state index in [1.807, 2.05) is 0 Å². The van der Waals surface area contributed by atoms with Gasteiger partial charge in [0.05, 0.1) is 0 Å². The first-order chi connectivity index (χ1) is 13.2. The Bertz CT molecular complexity index is 360. The quantitative estimate of drug-likeness (QED) is 0.344. The van der Waals surface area contributed by atoms with Crippen molar-refractivity contribution in [2.45, 2.75) is 139 Å². The van der Waals surface area contributed by atoms with Crippen molar-refractivity contribution in [3.8, 4) is 0 Å². The molecule has 6 nitrogen and oxygen atoms in total. The third-order valence-electron chi connectivity index (χ3n) is 6.17. The van der Waals surface area contributed by atoms with Crippen molar-refractivity contribution < 1.29 is 30.6 Å². The summed E-state index contributed by atoms with van der Waals surface area (Å²) >= 11 is 0. The molecule has 0 heterocycles. The second-order valence-electron chi connectivity index (χ2n) is 8.82. The summed E-state index contributed by atoms with van der Waals surface area (Å²) in [5, 5.41) is 60.6. The Hall–Kier alpha value is -0.240. The van der Waals surface area contributed by atoms with Gasteiger partial charge in [-0.05, 0) is 12.8 Å². The fourth-order valence-electron chi connectivity index (χ4n) is 4.06. The largest absolute Gasteiger partial charge is 0.361 e. The minimum absolute atomic E-state index is 0.317. The SMILES string of the molecule is OC1(O)CCCCCCCCCCCCCCCCCCCC(O)(O)C1(O)O. The number of rotatable bonds is 0. The molecule has 1 rings (SSSR count). The van der Waals surface area contributed by atoms with E-state index < -0.39 is 17.4 Å². The molecule has 1 aliphatic carbocycles. The van der Waals surface area contributed by atoms with Crippen molar-refractivity contribution in [1.29, 1.82) is 0 Å². The zero-order chi connectivity index (χ0) is 20.9. The van der Waals surface area contributed by atoms with Crippen molar-refractivity contribution >= 4 is 0 Å². The highest BCUT2D eigenvalue weighted by atomic mass is 16.7. The fourth-order valence-corrected chi connectivity index (χ4v) is 4.06. The van der Waals surface area contributed by atoms with Crippen LogP contribution in [0, 0.1) is 0 Å². The van der Waals surface area contributed by atoms with E-state index in [0.29, 0.717) is 12.8 Å². The van der Waals surface area contributed by atoms with Crippen molar-refractivity contribution in [1.82, 2.24) is 0 Å². The Labute approximate surface area is 170 Å². The average Bonchev–Trinajstić information content (AvgIpc) is 2.62. The Morgan fingerprint density at radius 1 is 0.286 bits per heavy atom. The molecule has 0 aromatic carbocycles. The number of aliphatic hydroxyl groups is 6. The molecule has 0 atom stereocenters. The van der Waals surface area contributed by atoms with Gasteiger partial charge in [0.15, 0.2) is 0 Å². The first-order valence-electron chi connectivity index (χ1n) is 11.5. The Morgan fingerprint density at radius 2 is 0.464 bits per heavy atom. The van der Waals surface area contributed by atoms with Crippen LogP contribution in [-0.2, 0) is 0 Å². The van der Waals surface area contributed by atoms with Gasteiger partial charge < -0.3 is 30.6 Å². The van der Waals surface area contributed by atoms with Crippen LogP contribution in [-0.4, -0.2) is 48.0 Å². The van der Waals surface area contributed by atoms with Crippen LogP contribution in [0.5, 0.6) is 0 Å². The summed E-state index contributed by atoms with van der Waals surface area (Å²) in [5.74, 6) is -9.32. The molecule has 0 spiro atoms. The second kappa shape index (κ2) is 13.1. The lowest BCUT2D eigenvalue weighted by atomic mass is 9.88. The van der Waals surface area contributed by atoms with Crippen LogP contribution in [0.25, 0.3) is 0 Å². The van der Waals surface area contributed by atoms with Crippen LogP contribution in [0.4, 0.5) is 0 Å². The van der Waals surface area contributed by atoms with E-state index in [4.69, 9.17) is 0 Å². The van der Waals surface area contributed by atoms with Gasteiger partial charge in [-0.2, -0.15) is 0 Å². The third kappa shape index (κ3) is 9.06. The molecule has 1 saturated carbocycles. The Morgan fingerprint density at radius 3 is 0.679 bits per heavy atom. The molecule has 0 radical (unpaired) electrons. The highest BCUT2D eigenvalue weighted by Gasteiger charge is 2.60. The Balaban J connectivity index is 2.53. The van der Waals surface area contributed by atoms with Crippen LogP contribution in [0.15, 0.2) is 0 Å². The Kier molecular flexibility index (Phi) is 12.1. The molecule has 1 aliphatic rings. The fraction of sp³-hybridized carbons (Fsp3) is 1.00. The van der Waals surface area contributed by atoms with Gasteiger partial charge in [0.2, 0.25) is 11.6 Å². The van der Waals surface area contributed by atoms with E-state index in [0.717, 1.165) is 38.5 Å². The van der Waals surface area contributed by atoms with E-state index in [1.165, 1.54) is 57.8 Å².